The van der Waals surface area contributed by atoms with Gasteiger partial charge in [-0.1, -0.05) is 32.4 Å². The van der Waals surface area contributed by atoms with Crippen LogP contribution >= 0.6 is 11.6 Å². The van der Waals surface area contributed by atoms with Gasteiger partial charge in [0.2, 0.25) is 0 Å². The first-order valence-corrected chi connectivity index (χ1v) is 12.1. The Hall–Kier alpha value is -1.04. The Morgan fingerprint density at radius 1 is 1.32 bits per heavy atom. The third-order valence-electron chi connectivity index (χ3n) is 4.88. The van der Waals surface area contributed by atoms with Crippen molar-refractivity contribution in [3.63, 3.8) is 0 Å². The van der Waals surface area contributed by atoms with Crippen molar-refractivity contribution in [3.8, 4) is 0 Å². The van der Waals surface area contributed by atoms with E-state index in [1.54, 1.807) is 12.1 Å². The minimum absolute atomic E-state index is 0.0473. The number of methoxy groups -OCH3 is 1. The molecule has 4 nitrogen and oxygen atoms in total. The van der Waals surface area contributed by atoms with Crippen LogP contribution in [0.5, 0.6) is 0 Å². The number of nitrogens with zero attached hydrogens (tertiary/aromatic N) is 1. The van der Waals surface area contributed by atoms with Crippen LogP contribution in [0.1, 0.15) is 44.0 Å². The van der Waals surface area contributed by atoms with Gasteiger partial charge in [-0.25, -0.2) is 4.79 Å². The summed E-state index contributed by atoms with van der Waals surface area (Å²) in [5, 5.41) is 0.566. The molecule has 0 bridgehead atoms. The lowest BCUT2D eigenvalue weighted by molar-refractivity contribution is 0.0600. The highest BCUT2D eigenvalue weighted by atomic mass is 35.5. The fourth-order valence-electron chi connectivity index (χ4n) is 3.42. The number of piperidine rings is 1. The van der Waals surface area contributed by atoms with Crippen LogP contribution in [-0.4, -0.2) is 34.9 Å². The molecule has 140 valence electrons. The van der Waals surface area contributed by atoms with Crippen LogP contribution in [0.25, 0.3) is 0 Å². The fraction of sp³-hybridized carbons (Fsp3) is 0.632. The normalized spacial score (nSPS) is 21.5. The molecule has 1 heterocycles. The van der Waals surface area contributed by atoms with Crippen molar-refractivity contribution in [2.45, 2.75) is 52.9 Å². The maximum atomic E-state index is 11.7. The Labute approximate surface area is 158 Å². The second kappa shape index (κ2) is 8.10. The quantitative estimate of drug-likeness (QED) is 0.557. The predicted octanol–water partition coefficient (Wildman–Crippen LogP) is 4.72. The first kappa shape index (κ1) is 20.3. The Balaban J connectivity index is 2.28. The van der Waals surface area contributed by atoms with Crippen molar-refractivity contribution in [2.75, 3.05) is 18.6 Å². The molecule has 6 heteroatoms. The molecule has 0 aliphatic carbocycles. The van der Waals surface area contributed by atoms with Crippen LogP contribution in [-0.2, 0) is 9.16 Å². The van der Waals surface area contributed by atoms with Gasteiger partial charge in [0.25, 0.3) is 0 Å². The summed E-state index contributed by atoms with van der Waals surface area (Å²) in [6.07, 6.45) is 2.16. The van der Waals surface area contributed by atoms with E-state index in [-0.39, 0.29) is 17.6 Å². The minimum atomic E-state index is -1.19. The van der Waals surface area contributed by atoms with Crippen molar-refractivity contribution in [2.24, 2.45) is 11.3 Å². The Kier molecular flexibility index (Phi) is 6.57. The summed E-state index contributed by atoms with van der Waals surface area (Å²) in [7, 11) is 0.181. The maximum absolute atomic E-state index is 11.7. The minimum Gasteiger partial charge on any atom is -0.465 e. The van der Waals surface area contributed by atoms with E-state index in [4.69, 9.17) is 20.8 Å². The van der Waals surface area contributed by atoms with Crippen molar-refractivity contribution in [1.29, 1.82) is 0 Å². The van der Waals surface area contributed by atoms with Gasteiger partial charge in [-0.2, -0.15) is 0 Å². The van der Waals surface area contributed by atoms with Crippen molar-refractivity contribution in [3.05, 3.63) is 28.8 Å². The van der Waals surface area contributed by atoms with Gasteiger partial charge in [-0.3, -0.25) is 0 Å². The van der Waals surface area contributed by atoms with Crippen LogP contribution in [0.3, 0.4) is 0 Å². The third-order valence-corrected chi connectivity index (χ3v) is 6.05. The molecule has 1 aromatic carbocycles. The summed E-state index contributed by atoms with van der Waals surface area (Å²) >= 11 is 6.50. The van der Waals surface area contributed by atoms with Gasteiger partial charge >= 0.3 is 5.97 Å². The molecule has 0 saturated carbocycles. The molecule has 1 aromatic rings. The lowest BCUT2D eigenvalue weighted by Crippen LogP contribution is -2.48. The molecule has 2 atom stereocenters. The zero-order valence-electron chi connectivity index (χ0n) is 16.1. The first-order valence-electron chi connectivity index (χ1n) is 8.93. The summed E-state index contributed by atoms with van der Waals surface area (Å²) in [6, 6.07) is 5.36. The van der Waals surface area contributed by atoms with Gasteiger partial charge in [-0.05, 0) is 55.5 Å². The van der Waals surface area contributed by atoms with E-state index in [2.05, 4.69) is 38.8 Å². The molecule has 0 spiro atoms. The molecule has 0 aromatic heterocycles. The number of halogens is 1. The number of esters is 1. The monoisotopic (exact) mass is 383 g/mol. The predicted molar refractivity (Wildman–Crippen MR) is 106 cm³/mol. The summed E-state index contributed by atoms with van der Waals surface area (Å²) in [5.41, 5.74) is 1.67. The number of benzene rings is 1. The lowest BCUT2D eigenvalue weighted by atomic mass is 9.74. The highest BCUT2D eigenvalue weighted by Gasteiger charge is 2.36. The SMILES string of the molecule is COC(=O)c1ccc(N2CCC(C(C)(C)C)CC2O[SiH](C)C)c(Cl)c1. The Morgan fingerprint density at radius 3 is 2.52 bits per heavy atom. The highest BCUT2D eigenvalue weighted by Crippen LogP contribution is 2.40. The van der Waals surface area contributed by atoms with Crippen LogP contribution in [0, 0.1) is 11.3 Å². The molecular weight excluding hydrogens is 354 g/mol. The maximum Gasteiger partial charge on any atom is 0.337 e. The molecule has 1 saturated heterocycles. The second-order valence-electron chi connectivity index (χ2n) is 8.08. The van der Waals surface area contributed by atoms with Gasteiger partial charge in [0.1, 0.15) is 6.23 Å². The number of hydrogen-bond acceptors (Lipinski definition) is 4. The Morgan fingerprint density at radius 2 is 2.00 bits per heavy atom. The van der Waals surface area contributed by atoms with E-state index in [1.807, 2.05) is 6.07 Å². The van der Waals surface area contributed by atoms with Gasteiger partial charge < -0.3 is 14.1 Å². The average molecular weight is 384 g/mol. The lowest BCUT2D eigenvalue weighted by Gasteiger charge is -2.45. The fourth-order valence-corrected chi connectivity index (χ4v) is 4.59. The van der Waals surface area contributed by atoms with Gasteiger partial charge in [-0.15, -0.1) is 0 Å². The molecule has 0 amide bonds. The van der Waals surface area contributed by atoms with E-state index in [9.17, 15) is 4.79 Å². The van der Waals surface area contributed by atoms with E-state index in [0.29, 0.717) is 16.5 Å². The topological polar surface area (TPSA) is 38.8 Å². The van der Waals surface area contributed by atoms with Crippen LogP contribution < -0.4 is 4.90 Å². The zero-order chi connectivity index (χ0) is 18.8. The zero-order valence-corrected chi connectivity index (χ0v) is 18.0. The van der Waals surface area contributed by atoms with Gasteiger partial charge in [0.05, 0.1) is 23.4 Å². The van der Waals surface area contributed by atoms with Crippen LogP contribution in [0.15, 0.2) is 18.2 Å². The van der Waals surface area contributed by atoms with Gasteiger partial charge in [0.15, 0.2) is 9.04 Å². The third kappa shape index (κ3) is 4.99. The molecule has 0 radical (unpaired) electrons. The highest BCUT2D eigenvalue weighted by molar-refractivity contribution is 6.48. The van der Waals surface area contributed by atoms with E-state index >= 15 is 0 Å². The number of carbonyl (C=O) groups is 1. The number of ether oxygens (including phenoxy) is 1. The molecule has 1 fully saturated rings. The molecule has 25 heavy (non-hydrogen) atoms. The summed E-state index contributed by atoms with van der Waals surface area (Å²) in [6.45, 7) is 12.2. The number of hydrogen-bond donors (Lipinski definition) is 0. The molecule has 2 unspecified atom stereocenters. The average Bonchev–Trinajstić information content (AvgIpc) is 2.53. The summed E-state index contributed by atoms with van der Waals surface area (Å²) < 4.78 is 11.1. The molecular formula is C19H30ClNO3Si. The van der Waals surface area contributed by atoms with E-state index < -0.39 is 9.04 Å². The smallest absolute Gasteiger partial charge is 0.337 e. The van der Waals surface area contributed by atoms with E-state index in [0.717, 1.165) is 25.1 Å². The Bertz CT molecular complexity index is 615. The number of rotatable bonds is 4. The van der Waals surface area contributed by atoms with Gasteiger partial charge in [0, 0.05) is 6.54 Å². The first-order chi connectivity index (χ1) is 11.6. The summed E-state index contributed by atoms with van der Waals surface area (Å²) in [4.78, 5) is 14.0. The van der Waals surface area contributed by atoms with Crippen LogP contribution in [0.2, 0.25) is 18.1 Å². The molecule has 2 rings (SSSR count). The molecule has 1 aliphatic rings. The summed E-state index contributed by atoms with van der Waals surface area (Å²) in [5.74, 6) is 0.247. The molecule has 1 aliphatic heterocycles. The van der Waals surface area contributed by atoms with E-state index in [1.165, 1.54) is 7.11 Å². The standard InChI is InChI=1S/C19H30ClNO3Si/c1-19(2,3)14-9-10-21(17(12-14)24-25(5)6)16-8-7-13(11-15(16)20)18(22)23-4/h7-8,11,14,17,25H,9-10,12H2,1-6H3. The second-order valence-corrected chi connectivity index (χ2v) is 10.9. The number of anilines is 1. The van der Waals surface area contributed by atoms with Crippen molar-refractivity contribution < 1.29 is 14.0 Å². The van der Waals surface area contributed by atoms with Crippen LogP contribution in [0.4, 0.5) is 5.69 Å². The molecule has 0 N–H and O–H groups in total. The number of carbonyl (C=O) groups excluding carboxylic acids is 1. The van der Waals surface area contributed by atoms with Crippen molar-refractivity contribution >= 4 is 32.3 Å². The van der Waals surface area contributed by atoms with Crippen molar-refractivity contribution in [1.82, 2.24) is 0 Å². The largest absolute Gasteiger partial charge is 0.465 e.